The van der Waals surface area contributed by atoms with Crippen molar-refractivity contribution in [3.8, 4) is 0 Å². The van der Waals surface area contributed by atoms with Gasteiger partial charge in [-0.15, -0.1) is 0 Å². The van der Waals surface area contributed by atoms with E-state index in [1.165, 1.54) is 6.92 Å². The molecule has 0 saturated heterocycles. The van der Waals surface area contributed by atoms with E-state index in [1.807, 2.05) is 0 Å². The minimum atomic E-state index is -0.667. The highest BCUT2D eigenvalue weighted by Crippen LogP contribution is 1.87. The fourth-order valence-corrected chi connectivity index (χ4v) is 0.0471. The van der Waals surface area contributed by atoms with Crippen LogP contribution in [0.4, 0.5) is 0 Å². The van der Waals surface area contributed by atoms with Gasteiger partial charge in [0, 0.05) is 6.92 Å². The third-order valence-electron chi connectivity index (χ3n) is 0.475. The lowest BCUT2D eigenvalue weighted by molar-refractivity contribution is -0.425. The van der Waals surface area contributed by atoms with E-state index >= 15 is 0 Å². The van der Waals surface area contributed by atoms with E-state index in [-0.39, 0.29) is 5.70 Å². The van der Waals surface area contributed by atoms with Gasteiger partial charge in [-0.05, 0) is 0 Å². The van der Waals surface area contributed by atoms with Gasteiger partial charge in [-0.1, -0.05) is 0 Å². The van der Waals surface area contributed by atoms with Crippen molar-refractivity contribution in [1.82, 2.24) is 0 Å². The summed E-state index contributed by atoms with van der Waals surface area (Å²) in [5.74, 6) is 0. The molecule has 0 aliphatic heterocycles. The van der Waals surface area contributed by atoms with Crippen LogP contribution >= 0.6 is 0 Å². The van der Waals surface area contributed by atoms with Crippen molar-refractivity contribution in [3.63, 3.8) is 0 Å². The van der Waals surface area contributed by atoms with Crippen molar-refractivity contribution in [2.24, 2.45) is 0 Å². The van der Waals surface area contributed by atoms with Gasteiger partial charge in [0.15, 0.2) is 6.26 Å². The number of rotatable bonds is 1. The standard InChI is InChI=1S/C3H5NO3/c1-3(2-5)4(6)7/h2,5H,1H3/b3-2-. The molecule has 0 aliphatic carbocycles. The second-order valence-electron chi connectivity index (χ2n) is 1.03. The summed E-state index contributed by atoms with van der Waals surface area (Å²) < 4.78 is 0. The zero-order valence-electron chi connectivity index (χ0n) is 3.79. The summed E-state index contributed by atoms with van der Waals surface area (Å²) in [7, 11) is 0. The summed E-state index contributed by atoms with van der Waals surface area (Å²) >= 11 is 0. The predicted molar refractivity (Wildman–Crippen MR) is 23.4 cm³/mol. The molecule has 0 bridgehead atoms. The second kappa shape index (κ2) is 2.17. The fourth-order valence-electron chi connectivity index (χ4n) is 0.0471. The van der Waals surface area contributed by atoms with Crippen molar-refractivity contribution in [3.05, 3.63) is 22.1 Å². The molecule has 0 unspecified atom stereocenters. The van der Waals surface area contributed by atoms with Crippen LogP contribution in [0.5, 0.6) is 0 Å². The monoisotopic (exact) mass is 103 g/mol. The number of nitrogens with zero attached hydrogens (tertiary/aromatic N) is 1. The van der Waals surface area contributed by atoms with Crippen LogP contribution in [0, 0.1) is 10.1 Å². The highest BCUT2D eigenvalue weighted by Gasteiger charge is 1.97. The summed E-state index contributed by atoms with van der Waals surface area (Å²) in [6, 6.07) is 0. The maximum Gasteiger partial charge on any atom is 0.276 e. The van der Waals surface area contributed by atoms with E-state index in [1.54, 1.807) is 0 Å². The number of aliphatic hydroxyl groups excluding tert-OH is 1. The van der Waals surface area contributed by atoms with Gasteiger partial charge >= 0.3 is 0 Å². The third-order valence-corrected chi connectivity index (χ3v) is 0.475. The maximum absolute atomic E-state index is 9.51. The Morgan fingerprint density at radius 2 is 2.43 bits per heavy atom. The summed E-state index contributed by atoms with van der Waals surface area (Å²) in [6.45, 7) is 1.21. The molecule has 1 N–H and O–H groups in total. The first kappa shape index (κ1) is 5.94. The lowest BCUT2D eigenvalue weighted by atomic mass is 10.6. The number of nitro groups is 1. The average molecular weight is 103 g/mol. The summed E-state index contributed by atoms with van der Waals surface area (Å²) in [4.78, 5) is 8.84. The largest absolute Gasteiger partial charge is 0.509 e. The normalized spacial score (nSPS) is 11.3. The first-order valence-electron chi connectivity index (χ1n) is 1.64. The van der Waals surface area contributed by atoms with Gasteiger partial charge in [0.05, 0.1) is 4.92 Å². The molecule has 40 valence electrons. The smallest absolute Gasteiger partial charge is 0.276 e. The molecule has 0 saturated carbocycles. The van der Waals surface area contributed by atoms with Gasteiger partial charge < -0.3 is 5.11 Å². The highest BCUT2D eigenvalue weighted by atomic mass is 16.6. The lowest BCUT2D eigenvalue weighted by Crippen LogP contribution is -1.91. The van der Waals surface area contributed by atoms with E-state index in [9.17, 15) is 10.1 Å². The molecule has 0 fully saturated rings. The van der Waals surface area contributed by atoms with Crippen molar-refractivity contribution >= 4 is 0 Å². The Labute approximate surface area is 40.2 Å². The van der Waals surface area contributed by atoms with Gasteiger partial charge in [-0.2, -0.15) is 0 Å². The number of allylic oxidation sites excluding steroid dienone is 1. The molecular weight excluding hydrogens is 98.0 g/mol. The molecule has 4 heteroatoms. The van der Waals surface area contributed by atoms with E-state index < -0.39 is 4.92 Å². The molecular formula is C3H5NO3. The Kier molecular flexibility index (Phi) is 1.84. The minimum Gasteiger partial charge on any atom is -0.509 e. The predicted octanol–water partition coefficient (Wildman–Crippen LogP) is 0.682. The molecule has 0 spiro atoms. The van der Waals surface area contributed by atoms with Gasteiger partial charge in [0.1, 0.15) is 0 Å². The third kappa shape index (κ3) is 1.75. The average Bonchev–Trinajstić information content (AvgIpc) is 1.65. The topological polar surface area (TPSA) is 63.4 Å². The van der Waals surface area contributed by atoms with Crippen LogP contribution < -0.4 is 0 Å². The quantitative estimate of drug-likeness (QED) is 0.301. The fraction of sp³-hybridized carbons (Fsp3) is 0.333. The number of hydrogen-bond acceptors (Lipinski definition) is 3. The van der Waals surface area contributed by atoms with Crippen LogP contribution in [-0.4, -0.2) is 10.0 Å². The summed E-state index contributed by atoms with van der Waals surface area (Å²) in [6.07, 6.45) is 0.458. The zero-order chi connectivity index (χ0) is 5.86. The van der Waals surface area contributed by atoms with Gasteiger partial charge in [0.2, 0.25) is 0 Å². The molecule has 0 aliphatic rings. The van der Waals surface area contributed by atoms with Crippen molar-refractivity contribution < 1.29 is 10.0 Å². The summed E-state index contributed by atoms with van der Waals surface area (Å²) in [5.41, 5.74) is -0.250. The van der Waals surface area contributed by atoms with E-state index in [2.05, 4.69) is 0 Å². The van der Waals surface area contributed by atoms with Crippen LogP contribution in [0.15, 0.2) is 12.0 Å². The Morgan fingerprint density at radius 3 is 2.43 bits per heavy atom. The van der Waals surface area contributed by atoms with E-state index in [4.69, 9.17) is 5.11 Å². The molecule has 4 nitrogen and oxygen atoms in total. The van der Waals surface area contributed by atoms with Gasteiger partial charge in [0.25, 0.3) is 5.70 Å². The van der Waals surface area contributed by atoms with Crippen LogP contribution in [-0.2, 0) is 0 Å². The molecule has 0 amide bonds. The minimum absolute atomic E-state index is 0.250. The van der Waals surface area contributed by atoms with Gasteiger partial charge in [-0.25, -0.2) is 0 Å². The van der Waals surface area contributed by atoms with E-state index in [0.717, 1.165) is 0 Å². The van der Waals surface area contributed by atoms with Gasteiger partial charge in [-0.3, -0.25) is 10.1 Å². The molecule has 7 heavy (non-hydrogen) atoms. The first-order valence-corrected chi connectivity index (χ1v) is 1.64. The molecule has 0 aromatic carbocycles. The Bertz CT molecular complexity index is 107. The van der Waals surface area contributed by atoms with Crippen molar-refractivity contribution in [2.45, 2.75) is 6.92 Å². The molecule has 0 aromatic rings. The molecule has 0 rings (SSSR count). The lowest BCUT2D eigenvalue weighted by Gasteiger charge is -1.80. The van der Waals surface area contributed by atoms with Crippen LogP contribution in [0.2, 0.25) is 0 Å². The van der Waals surface area contributed by atoms with Crippen LogP contribution in [0.1, 0.15) is 6.92 Å². The number of hydrogen-bond donors (Lipinski definition) is 1. The Balaban J connectivity index is 3.82. The SMILES string of the molecule is C/C(=C/O)[N+](=O)[O-]. The molecule has 0 atom stereocenters. The van der Waals surface area contributed by atoms with E-state index in [0.29, 0.717) is 6.26 Å². The molecule has 0 radical (unpaired) electrons. The summed E-state index contributed by atoms with van der Waals surface area (Å²) in [5, 5.41) is 17.4. The van der Waals surface area contributed by atoms with Crippen molar-refractivity contribution in [1.29, 1.82) is 0 Å². The second-order valence-corrected chi connectivity index (χ2v) is 1.03. The van der Waals surface area contributed by atoms with Crippen molar-refractivity contribution in [2.75, 3.05) is 0 Å². The molecule has 0 heterocycles. The van der Waals surface area contributed by atoms with Crippen LogP contribution in [0.25, 0.3) is 0 Å². The number of aliphatic hydroxyl groups is 1. The Morgan fingerprint density at radius 1 is 2.00 bits per heavy atom. The maximum atomic E-state index is 9.51. The zero-order valence-corrected chi connectivity index (χ0v) is 3.79. The molecule has 0 aromatic heterocycles. The van der Waals surface area contributed by atoms with Crippen LogP contribution in [0.3, 0.4) is 0 Å². The first-order chi connectivity index (χ1) is 3.18. The highest BCUT2D eigenvalue weighted by molar-refractivity contribution is 4.76. The Hall–Kier alpha value is -1.06.